The molecule has 2 rings (SSSR count). The van der Waals surface area contributed by atoms with E-state index in [0.717, 1.165) is 25.8 Å². The van der Waals surface area contributed by atoms with Crippen molar-refractivity contribution in [2.24, 2.45) is 0 Å². The summed E-state index contributed by atoms with van der Waals surface area (Å²) in [5, 5.41) is 18.8. The van der Waals surface area contributed by atoms with Crippen molar-refractivity contribution in [3.63, 3.8) is 0 Å². The van der Waals surface area contributed by atoms with Gasteiger partial charge in [-0.2, -0.15) is 0 Å². The number of unbranched alkanes of at least 4 members (excludes halogenated alkanes) is 2. The Morgan fingerprint density at radius 1 is 1.11 bits per heavy atom. The molecule has 0 bridgehead atoms. The summed E-state index contributed by atoms with van der Waals surface area (Å²) >= 11 is 0. The maximum Gasteiger partial charge on any atom is 0.451 e. The van der Waals surface area contributed by atoms with Gasteiger partial charge in [0.1, 0.15) is 0 Å². The fourth-order valence-corrected chi connectivity index (χ4v) is 2.36. The molecule has 0 aliphatic carbocycles. The average Bonchev–Trinajstić information content (AvgIpc) is 2.73. The minimum atomic E-state index is -1.15. The first-order valence-electron chi connectivity index (χ1n) is 6.59. The van der Waals surface area contributed by atoms with Crippen LogP contribution >= 0.6 is 0 Å². The third kappa shape index (κ3) is 3.15. The quantitative estimate of drug-likeness (QED) is 0.607. The van der Waals surface area contributed by atoms with Crippen LogP contribution in [0.5, 0.6) is 0 Å². The van der Waals surface area contributed by atoms with Gasteiger partial charge >= 0.3 is 7.12 Å². The first-order chi connectivity index (χ1) is 8.68. The van der Waals surface area contributed by atoms with Crippen LogP contribution in [0.15, 0.2) is 30.5 Å². The van der Waals surface area contributed by atoms with E-state index in [1.54, 1.807) is 0 Å². The molecule has 0 amide bonds. The summed E-state index contributed by atoms with van der Waals surface area (Å²) in [4.78, 5) is 0. The molecule has 0 fully saturated rings. The van der Waals surface area contributed by atoms with E-state index in [-0.39, 0.29) is 0 Å². The predicted molar refractivity (Wildman–Crippen MR) is 75.5 cm³/mol. The number of fused-ring (bicyclic) bond motifs is 1. The van der Waals surface area contributed by atoms with Gasteiger partial charge in [0.15, 0.2) is 0 Å². The molecule has 0 unspecified atom stereocenters. The molecule has 0 atom stereocenters. The van der Waals surface area contributed by atoms with Crippen LogP contribution in [0.1, 0.15) is 24.8 Å². The Labute approximate surface area is 108 Å². The molecule has 0 aliphatic rings. The SMILES string of the molecule is Cc1cccc2c1ccn2CCCCCB(O)O. The third-order valence-corrected chi connectivity index (χ3v) is 3.39. The molecule has 0 saturated carbocycles. The van der Waals surface area contributed by atoms with Gasteiger partial charge in [-0.25, -0.2) is 0 Å². The first kappa shape index (κ1) is 13.2. The Morgan fingerprint density at radius 3 is 2.72 bits per heavy atom. The van der Waals surface area contributed by atoms with Gasteiger partial charge in [-0.15, -0.1) is 0 Å². The van der Waals surface area contributed by atoms with Crippen LogP contribution in [-0.2, 0) is 6.54 Å². The maximum absolute atomic E-state index is 8.76. The van der Waals surface area contributed by atoms with E-state index in [9.17, 15) is 0 Å². The molecule has 2 aromatic rings. The molecule has 4 heteroatoms. The van der Waals surface area contributed by atoms with Crippen molar-refractivity contribution in [1.29, 1.82) is 0 Å². The zero-order valence-electron chi connectivity index (χ0n) is 10.8. The molecule has 2 N–H and O–H groups in total. The Balaban J connectivity index is 1.90. The minimum Gasteiger partial charge on any atom is -0.427 e. The Bertz CT molecular complexity index is 507. The highest BCUT2D eigenvalue weighted by atomic mass is 16.4. The van der Waals surface area contributed by atoms with Crippen molar-refractivity contribution in [3.05, 3.63) is 36.0 Å². The predicted octanol–water partition coefficient (Wildman–Crippen LogP) is 2.59. The van der Waals surface area contributed by atoms with Gasteiger partial charge in [-0.1, -0.05) is 25.0 Å². The Hall–Kier alpha value is -1.26. The summed E-state index contributed by atoms with van der Waals surface area (Å²) in [7, 11) is -1.15. The van der Waals surface area contributed by atoms with E-state index in [4.69, 9.17) is 10.0 Å². The van der Waals surface area contributed by atoms with Crippen molar-refractivity contribution >= 4 is 18.0 Å². The molecule has 18 heavy (non-hydrogen) atoms. The summed E-state index contributed by atoms with van der Waals surface area (Å²) in [6, 6.07) is 8.55. The van der Waals surface area contributed by atoms with Gasteiger partial charge in [-0.3, -0.25) is 0 Å². The van der Waals surface area contributed by atoms with Crippen LogP contribution < -0.4 is 0 Å². The number of aromatic nitrogens is 1. The second-order valence-corrected chi connectivity index (χ2v) is 4.85. The zero-order chi connectivity index (χ0) is 13.0. The lowest BCUT2D eigenvalue weighted by Gasteiger charge is -2.06. The second-order valence-electron chi connectivity index (χ2n) is 4.85. The van der Waals surface area contributed by atoms with Crippen LogP contribution in [-0.4, -0.2) is 21.7 Å². The van der Waals surface area contributed by atoms with Crippen LogP contribution in [0.25, 0.3) is 10.9 Å². The second kappa shape index (κ2) is 6.07. The van der Waals surface area contributed by atoms with E-state index in [1.807, 2.05) is 0 Å². The van der Waals surface area contributed by atoms with Gasteiger partial charge in [0, 0.05) is 23.6 Å². The molecular formula is C14H20BNO2. The summed E-state index contributed by atoms with van der Waals surface area (Å²) < 4.78 is 2.28. The number of rotatable bonds is 6. The van der Waals surface area contributed by atoms with E-state index in [2.05, 4.69) is 42.0 Å². The van der Waals surface area contributed by atoms with E-state index in [0.29, 0.717) is 6.32 Å². The molecule has 3 nitrogen and oxygen atoms in total. The van der Waals surface area contributed by atoms with E-state index in [1.165, 1.54) is 16.5 Å². The van der Waals surface area contributed by atoms with Crippen LogP contribution in [0.4, 0.5) is 0 Å². The largest absolute Gasteiger partial charge is 0.451 e. The average molecular weight is 245 g/mol. The highest BCUT2D eigenvalue weighted by Gasteiger charge is 2.05. The molecule has 96 valence electrons. The first-order valence-corrected chi connectivity index (χ1v) is 6.59. The van der Waals surface area contributed by atoms with E-state index < -0.39 is 7.12 Å². The zero-order valence-corrected chi connectivity index (χ0v) is 10.8. The molecule has 1 aromatic heterocycles. The maximum atomic E-state index is 8.76. The van der Waals surface area contributed by atoms with Crippen molar-refractivity contribution < 1.29 is 10.0 Å². The summed E-state index contributed by atoms with van der Waals surface area (Å²) in [6.07, 6.45) is 5.59. The minimum absolute atomic E-state index is 0.478. The fraction of sp³-hybridized carbons (Fsp3) is 0.429. The Kier molecular flexibility index (Phi) is 4.45. The lowest BCUT2D eigenvalue weighted by molar-refractivity contribution is 0.401. The van der Waals surface area contributed by atoms with Crippen LogP contribution in [0.2, 0.25) is 6.32 Å². The van der Waals surface area contributed by atoms with Crippen molar-refractivity contribution in [3.8, 4) is 0 Å². The van der Waals surface area contributed by atoms with Crippen molar-refractivity contribution in [1.82, 2.24) is 4.57 Å². The molecule has 0 spiro atoms. The highest BCUT2D eigenvalue weighted by Crippen LogP contribution is 2.20. The third-order valence-electron chi connectivity index (χ3n) is 3.39. The van der Waals surface area contributed by atoms with Crippen molar-refractivity contribution in [2.75, 3.05) is 0 Å². The summed E-state index contributed by atoms with van der Waals surface area (Å²) in [6.45, 7) is 3.13. The van der Waals surface area contributed by atoms with Gasteiger partial charge in [0.25, 0.3) is 0 Å². The van der Waals surface area contributed by atoms with Gasteiger partial charge in [-0.05, 0) is 37.4 Å². The summed E-state index contributed by atoms with van der Waals surface area (Å²) in [5.74, 6) is 0. The fourth-order valence-electron chi connectivity index (χ4n) is 2.36. The molecule has 0 aliphatic heterocycles. The number of aryl methyl sites for hydroxylation is 2. The number of hydrogen-bond acceptors (Lipinski definition) is 2. The monoisotopic (exact) mass is 245 g/mol. The number of benzene rings is 1. The molecule has 1 aromatic carbocycles. The number of hydrogen-bond donors (Lipinski definition) is 2. The van der Waals surface area contributed by atoms with Crippen LogP contribution in [0.3, 0.4) is 0 Å². The Morgan fingerprint density at radius 2 is 1.94 bits per heavy atom. The van der Waals surface area contributed by atoms with E-state index >= 15 is 0 Å². The smallest absolute Gasteiger partial charge is 0.427 e. The lowest BCUT2D eigenvalue weighted by atomic mass is 9.83. The molecule has 0 saturated heterocycles. The van der Waals surface area contributed by atoms with Gasteiger partial charge < -0.3 is 14.6 Å². The topological polar surface area (TPSA) is 45.4 Å². The normalized spacial score (nSPS) is 11.1. The highest BCUT2D eigenvalue weighted by molar-refractivity contribution is 6.40. The standard InChI is InChI=1S/C14H20BNO2/c1-12-6-5-7-14-13(12)8-11-16(14)10-4-2-3-9-15(17)18/h5-8,11,17-18H,2-4,9-10H2,1H3. The molecule has 1 heterocycles. The molecular weight excluding hydrogens is 225 g/mol. The van der Waals surface area contributed by atoms with Gasteiger partial charge in [0.05, 0.1) is 0 Å². The lowest BCUT2D eigenvalue weighted by Crippen LogP contribution is -2.09. The number of nitrogens with zero attached hydrogens (tertiary/aromatic N) is 1. The van der Waals surface area contributed by atoms with Gasteiger partial charge in [0.2, 0.25) is 0 Å². The molecule has 0 radical (unpaired) electrons. The van der Waals surface area contributed by atoms with Crippen molar-refractivity contribution in [2.45, 2.75) is 39.1 Å². The van der Waals surface area contributed by atoms with Crippen LogP contribution in [0, 0.1) is 6.92 Å². The summed E-state index contributed by atoms with van der Waals surface area (Å²) in [5.41, 5.74) is 2.60.